The van der Waals surface area contributed by atoms with Gasteiger partial charge in [0.1, 0.15) is 5.75 Å². The molecule has 0 amide bonds. The molecule has 0 saturated heterocycles. The molecule has 3 aromatic rings. The highest BCUT2D eigenvalue weighted by molar-refractivity contribution is 6.30. The minimum atomic E-state index is 0.248. The van der Waals surface area contributed by atoms with Gasteiger partial charge in [-0.25, -0.2) is 0 Å². The first-order valence-corrected chi connectivity index (χ1v) is 6.45. The highest BCUT2D eigenvalue weighted by Gasteiger charge is 2.08. The smallest absolute Gasteiger partial charge is 0.258 e. The van der Waals surface area contributed by atoms with Crippen LogP contribution in [-0.2, 0) is 6.61 Å². The van der Waals surface area contributed by atoms with Crippen molar-refractivity contribution in [3.05, 3.63) is 65.4 Å². The normalized spacial score (nSPS) is 10.4. The predicted molar refractivity (Wildman–Crippen MR) is 75.5 cm³/mol. The lowest BCUT2D eigenvalue weighted by Gasteiger charge is -2.02. The van der Waals surface area contributed by atoms with Gasteiger partial charge in [0.25, 0.3) is 5.89 Å². The fourth-order valence-electron chi connectivity index (χ4n) is 1.69. The Morgan fingerprint density at radius 2 is 1.75 bits per heavy atom. The third-order valence-corrected chi connectivity index (χ3v) is 2.92. The molecule has 0 aliphatic carbocycles. The molecule has 0 bridgehead atoms. The van der Waals surface area contributed by atoms with Gasteiger partial charge in [-0.3, -0.25) is 0 Å². The molecule has 0 saturated carbocycles. The van der Waals surface area contributed by atoms with Crippen molar-refractivity contribution in [1.82, 2.24) is 10.1 Å². The number of rotatable bonds is 4. The maximum Gasteiger partial charge on any atom is 0.258 e. The van der Waals surface area contributed by atoms with Crippen LogP contribution in [-0.4, -0.2) is 10.1 Å². The summed E-state index contributed by atoms with van der Waals surface area (Å²) in [6.07, 6.45) is 0. The fourth-order valence-corrected chi connectivity index (χ4v) is 1.82. The summed E-state index contributed by atoms with van der Waals surface area (Å²) in [5, 5.41) is 4.56. The van der Waals surface area contributed by atoms with E-state index in [1.807, 2.05) is 30.3 Å². The minimum Gasteiger partial charge on any atom is -0.485 e. The summed E-state index contributed by atoms with van der Waals surface area (Å²) in [4.78, 5) is 4.28. The van der Waals surface area contributed by atoms with Crippen molar-refractivity contribution in [2.75, 3.05) is 0 Å². The zero-order chi connectivity index (χ0) is 13.8. The van der Waals surface area contributed by atoms with Gasteiger partial charge in [0.05, 0.1) is 0 Å². The van der Waals surface area contributed by atoms with E-state index in [-0.39, 0.29) is 6.61 Å². The summed E-state index contributed by atoms with van der Waals surface area (Å²) < 4.78 is 10.7. The van der Waals surface area contributed by atoms with Gasteiger partial charge in [-0.15, -0.1) is 0 Å². The average Bonchev–Trinajstić information content (AvgIpc) is 2.97. The second-order valence-electron chi connectivity index (χ2n) is 4.12. The molecular formula is C15H11ClN2O2. The van der Waals surface area contributed by atoms with Gasteiger partial charge in [0, 0.05) is 10.6 Å². The molecule has 0 spiro atoms. The number of hydrogen-bond acceptors (Lipinski definition) is 4. The summed E-state index contributed by atoms with van der Waals surface area (Å²) in [6, 6.07) is 16.7. The second-order valence-corrected chi connectivity index (χ2v) is 4.56. The van der Waals surface area contributed by atoms with Crippen molar-refractivity contribution < 1.29 is 9.26 Å². The van der Waals surface area contributed by atoms with Crippen LogP contribution in [0.4, 0.5) is 0 Å². The molecule has 0 aliphatic heterocycles. The molecule has 0 N–H and O–H groups in total. The summed E-state index contributed by atoms with van der Waals surface area (Å²) in [5.74, 6) is 1.69. The molecule has 0 fully saturated rings. The summed E-state index contributed by atoms with van der Waals surface area (Å²) in [5.41, 5.74) is 0.887. The molecule has 1 aromatic heterocycles. The summed E-state index contributed by atoms with van der Waals surface area (Å²) in [6.45, 7) is 0.248. The molecule has 1 heterocycles. The third kappa shape index (κ3) is 2.97. The minimum absolute atomic E-state index is 0.248. The molecule has 2 aromatic carbocycles. The number of benzene rings is 2. The van der Waals surface area contributed by atoms with Gasteiger partial charge in [-0.1, -0.05) is 35.0 Å². The number of aromatic nitrogens is 2. The van der Waals surface area contributed by atoms with Gasteiger partial charge >= 0.3 is 0 Å². The molecule has 0 atom stereocenters. The maximum atomic E-state index is 5.80. The van der Waals surface area contributed by atoms with E-state index in [2.05, 4.69) is 10.1 Å². The van der Waals surface area contributed by atoms with Crippen LogP contribution in [0.3, 0.4) is 0 Å². The molecule has 3 rings (SSSR count). The Balaban J connectivity index is 1.67. The SMILES string of the molecule is Clc1ccc(OCc2noc(-c3ccccc3)n2)cc1. The highest BCUT2D eigenvalue weighted by atomic mass is 35.5. The van der Waals surface area contributed by atoms with E-state index in [0.29, 0.717) is 22.5 Å². The van der Waals surface area contributed by atoms with Crippen LogP contribution in [0.1, 0.15) is 5.82 Å². The zero-order valence-corrected chi connectivity index (χ0v) is 11.2. The zero-order valence-electron chi connectivity index (χ0n) is 10.5. The lowest BCUT2D eigenvalue weighted by Crippen LogP contribution is -1.97. The van der Waals surface area contributed by atoms with Crippen LogP contribution >= 0.6 is 11.6 Å². The van der Waals surface area contributed by atoms with Gasteiger partial charge in [0.15, 0.2) is 6.61 Å². The van der Waals surface area contributed by atoms with Crippen LogP contribution in [0.15, 0.2) is 59.1 Å². The first-order valence-electron chi connectivity index (χ1n) is 6.07. The van der Waals surface area contributed by atoms with Crippen LogP contribution < -0.4 is 4.74 Å². The largest absolute Gasteiger partial charge is 0.485 e. The van der Waals surface area contributed by atoms with Crippen LogP contribution in [0.5, 0.6) is 5.75 Å². The maximum absolute atomic E-state index is 5.80. The monoisotopic (exact) mass is 286 g/mol. The highest BCUT2D eigenvalue weighted by Crippen LogP contribution is 2.18. The third-order valence-electron chi connectivity index (χ3n) is 2.67. The van der Waals surface area contributed by atoms with Crippen molar-refractivity contribution in [3.8, 4) is 17.2 Å². The van der Waals surface area contributed by atoms with Crippen LogP contribution in [0.25, 0.3) is 11.5 Å². The fraction of sp³-hybridized carbons (Fsp3) is 0.0667. The molecule has 100 valence electrons. The van der Waals surface area contributed by atoms with E-state index >= 15 is 0 Å². The molecular weight excluding hydrogens is 276 g/mol. The Labute approximate surface area is 121 Å². The number of hydrogen-bond donors (Lipinski definition) is 0. The van der Waals surface area contributed by atoms with Crippen molar-refractivity contribution in [2.45, 2.75) is 6.61 Å². The standard InChI is InChI=1S/C15H11ClN2O2/c16-12-6-8-13(9-7-12)19-10-14-17-15(20-18-14)11-4-2-1-3-5-11/h1-9H,10H2. The quantitative estimate of drug-likeness (QED) is 0.728. The molecule has 20 heavy (non-hydrogen) atoms. The first-order chi connectivity index (χ1) is 9.81. The van der Waals surface area contributed by atoms with Gasteiger partial charge in [-0.2, -0.15) is 4.98 Å². The van der Waals surface area contributed by atoms with Crippen molar-refractivity contribution in [2.24, 2.45) is 0 Å². The Bertz CT molecular complexity index is 681. The number of nitrogens with zero attached hydrogens (tertiary/aromatic N) is 2. The van der Waals surface area contributed by atoms with Gasteiger partial charge in [0.2, 0.25) is 5.82 Å². The van der Waals surface area contributed by atoms with E-state index in [0.717, 1.165) is 5.56 Å². The average molecular weight is 287 g/mol. The van der Waals surface area contributed by atoms with E-state index < -0.39 is 0 Å². The van der Waals surface area contributed by atoms with Gasteiger partial charge in [-0.05, 0) is 36.4 Å². The lowest BCUT2D eigenvalue weighted by molar-refractivity contribution is 0.287. The number of halogens is 1. The molecule has 5 heteroatoms. The molecule has 4 nitrogen and oxygen atoms in total. The summed E-state index contributed by atoms with van der Waals surface area (Å²) in [7, 11) is 0. The Morgan fingerprint density at radius 1 is 1.00 bits per heavy atom. The predicted octanol–water partition coefficient (Wildman–Crippen LogP) is 3.97. The summed E-state index contributed by atoms with van der Waals surface area (Å²) >= 11 is 5.80. The molecule has 0 unspecified atom stereocenters. The number of ether oxygens (including phenoxy) is 1. The van der Waals surface area contributed by atoms with E-state index in [1.54, 1.807) is 24.3 Å². The van der Waals surface area contributed by atoms with Gasteiger partial charge < -0.3 is 9.26 Å². The topological polar surface area (TPSA) is 48.2 Å². The van der Waals surface area contributed by atoms with Crippen LogP contribution in [0, 0.1) is 0 Å². The Hall–Kier alpha value is -2.33. The van der Waals surface area contributed by atoms with Crippen LogP contribution in [0.2, 0.25) is 5.02 Å². The van der Waals surface area contributed by atoms with E-state index in [9.17, 15) is 0 Å². The van der Waals surface area contributed by atoms with Crippen molar-refractivity contribution in [3.63, 3.8) is 0 Å². The molecule has 0 radical (unpaired) electrons. The lowest BCUT2D eigenvalue weighted by atomic mass is 10.2. The van der Waals surface area contributed by atoms with Crippen molar-refractivity contribution >= 4 is 11.6 Å². The Kier molecular flexibility index (Phi) is 3.65. The van der Waals surface area contributed by atoms with E-state index in [4.69, 9.17) is 20.9 Å². The Morgan fingerprint density at radius 3 is 2.50 bits per heavy atom. The second kappa shape index (κ2) is 5.75. The van der Waals surface area contributed by atoms with E-state index in [1.165, 1.54) is 0 Å². The van der Waals surface area contributed by atoms with Crippen molar-refractivity contribution in [1.29, 1.82) is 0 Å². The molecule has 0 aliphatic rings. The first kappa shape index (κ1) is 12.7.